The van der Waals surface area contributed by atoms with Crippen molar-refractivity contribution in [3.8, 4) is 11.5 Å². The summed E-state index contributed by atoms with van der Waals surface area (Å²) in [5.74, 6) is -7.76. The van der Waals surface area contributed by atoms with Gasteiger partial charge in [-0.25, -0.2) is 8.78 Å². The lowest BCUT2D eigenvalue weighted by Gasteiger charge is -2.15. The molecule has 0 spiro atoms. The smallest absolute Gasteiger partial charge is 0.369 e. The Labute approximate surface area is 100.0 Å². The standard InChI is InChI=1S/C11H10F4O3/c1-2-18-6-3-4-8(16)7(5-6)9(17)11(14,15)10(12)13/h3-5,10,16H,2H2,1H3. The molecule has 0 radical (unpaired) electrons. The molecule has 0 fully saturated rings. The highest BCUT2D eigenvalue weighted by atomic mass is 19.3. The van der Waals surface area contributed by atoms with Crippen molar-refractivity contribution in [3.63, 3.8) is 0 Å². The van der Waals surface area contributed by atoms with E-state index in [0.717, 1.165) is 12.1 Å². The lowest BCUT2D eigenvalue weighted by Crippen LogP contribution is -2.36. The van der Waals surface area contributed by atoms with Crippen molar-refractivity contribution in [2.24, 2.45) is 0 Å². The van der Waals surface area contributed by atoms with Crippen LogP contribution in [0, 0.1) is 0 Å². The lowest BCUT2D eigenvalue weighted by molar-refractivity contribution is -0.0959. The summed E-state index contributed by atoms with van der Waals surface area (Å²) in [6, 6.07) is 2.97. The molecule has 0 aromatic heterocycles. The number of Topliss-reactive ketones (excluding diaryl/α,β-unsaturated/α-hetero) is 1. The first-order chi connectivity index (χ1) is 8.30. The van der Waals surface area contributed by atoms with Crippen LogP contribution in [0.2, 0.25) is 0 Å². The largest absolute Gasteiger partial charge is 0.507 e. The predicted molar refractivity (Wildman–Crippen MR) is 54.6 cm³/mol. The molecule has 1 aromatic rings. The second-order valence-electron chi connectivity index (χ2n) is 3.36. The van der Waals surface area contributed by atoms with Gasteiger partial charge in [-0.3, -0.25) is 4.79 Å². The first-order valence-corrected chi connectivity index (χ1v) is 4.97. The number of carbonyl (C=O) groups excluding carboxylic acids is 1. The zero-order valence-electron chi connectivity index (χ0n) is 9.29. The quantitative estimate of drug-likeness (QED) is 0.658. The van der Waals surface area contributed by atoms with Crippen molar-refractivity contribution in [3.05, 3.63) is 23.8 Å². The van der Waals surface area contributed by atoms with E-state index in [2.05, 4.69) is 0 Å². The number of benzene rings is 1. The number of hydrogen-bond acceptors (Lipinski definition) is 3. The number of rotatable bonds is 5. The Morgan fingerprint density at radius 1 is 1.44 bits per heavy atom. The van der Waals surface area contributed by atoms with Gasteiger partial charge in [-0.15, -0.1) is 0 Å². The van der Waals surface area contributed by atoms with Crippen LogP contribution >= 0.6 is 0 Å². The molecule has 0 aliphatic rings. The van der Waals surface area contributed by atoms with Gasteiger partial charge in [0.15, 0.2) is 0 Å². The molecule has 0 unspecified atom stereocenters. The average Bonchev–Trinajstić information content (AvgIpc) is 2.30. The molecule has 0 saturated carbocycles. The van der Waals surface area contributed by atoms with Crippen LogP contribution in [0.5, 0.6) is 11.5 Å². The molecule has 100 valence electrons. The summed E-state index contributed by atoms with van der Waals surface area (Å²) < 4.78 is 54.8. The van der Waals surface area contributed by atoms with Gasteiger partial charge < -0.3 is 9.84 Å². The molecule has 0 aliphatic carbocycles. The van der Waals surface area contributed by atoms with Gasteiger partial charge in [-0.2, -0.15) is 8.78 Å². The third kappa shape index (κ3) is 2.72. The minimum Gasteiger partial charge on any atom is -0.507 e. The highest BCUT2D eigenvalue weighted by molar-refractivity contribution is 6.04. The summed E-state index contributed by atoms with van der Waals surface area (Å²) >= 11 is 0. The molecule has 1 rings (SSSR count). The van der Waals surface area contributed by atoms with E-state index in [1.807, 2.05) is 0 Å². The Bertz CT molecular complexity index is 446. The van der Waals surface area contributed by atoms with Crippen molar-refractivity contribution in [1.29, 1.82) is 0 Å². The highest BCUT2D eigenvalue weighted by Crippen LogP contribution is 2.32. The molecular weight excluding hydrogens is 256 g/mol. The van der Waals surface area contributed by atoms with Crippen LogP contribution < -0.4 is 4.74 Å². The van der Waals surface area contributed by atoms with E-state index in [1.54, 1.807) is 6.92 Å². The van der Waals surface area contributed by atoms with Gasteiger partial charge in [0.05, 0.1) is 12.2 Å². The molecule has 18 heavy (non-hydrogen) atoms. The van der Waals surface area contributed by atoms with E-state index in [1.165, 1.54) is 6.07 Å². The fraction of sp³-hybridized carbons (Fsp3) is 0.364. The Hall–Kier alpha value is -1.79. The number of halogens is 4. The Balaban J connectivity index is 3.16. The van der Waals surface area contributed by atoms with Crippen molar-refractivity contribution < 1.29 is 32.2 Å². The van der Waals surface area contributed by atoms with Gasteiger partial charge in [-0.05, 0) is 25.1 Å². The maximum Gasteiger partial charge on any atom is 0.369 e. The van der Waals surface area contributed by atoms with Crippen molar-refractivity contribution in [2.45, 2.75) is 19.3 Å². The Morgan fingerprint density at radius 2 is 2.06 bits per heavy atom. The molecule has 7 heteroatoms. The average molecular weight is 266 g/mol. The van der Waals surface area contributed by atoms with Crippen LogP contribution in [0.25, 0.3) is 0 Å². The molecule has 3 nitrogen and oxygen atoms in total. The summed E-state index contributed by atoms with van der Waals surface area (Å²) in [6.07, 6.45) is -4.14. The van der Waals surface area contributed by atoms with Crippen LogP contribution in [0.15, 0.2) is 18.2 Å². The number of ketones is 1. The van der Waals surface area contributed by atoms with Gasteiger partial charge >= 0.3 is 12.3 Å². The number of aromatic hydroxyl groups is 1. The number of phenolic OH excluding ortho intramolecular Hbond substituents is 1. The Kier molecular flexibility index (Phi) is 4.15. The van der Waals surface area contributed by atoms with E-state index in [0.29, 0.717) is 0 Å². The van der Waals surface area contributed by atoms with Gasteiger partial charge in [-0.1, -0.05) is 0 Å². The zero-order valence-corrected chi connectivity index (χ0v) is 9.29. The fourth-order valence-electron chi connectivity index (χ4n) is 1.23. The molecule has 0 atom stereocenters. The van der Waals surface area contributed by atoms with Crippen LogP contribution in [-0.4, -0.2) is 29.8 Å². The van der Waals surface area contributed by atoms with Crippen LogP contribution in [0.3, 0.4) is 0 Å². The number of phenols is 1. The maximum absolute atomic E-state index is 12.9. The minimum absolute atomic E-state index is 0.0312. The van der Waals surface area contributed by atoms with Crippen LogP contribution in [0.1, 0.15) is 17.3 Å². The molecule has 1 aromatic carbocycles. The lowest BCUT2D eigenvalue weighted by atomic mass is 10.0. The van der Waals surface area contributed by atoms with Gasteiger partial charge in [0.25, 0.3) is 0 Å². The number of ether oxygens (including phenoxy) is 1. The number of alkyl halides is 4. The van der Waals surface area contributed by atoms with Crippen LogP contribution in [-0.2, 0) is 0 Å². The van der Waals surface area contributed by atoms with Gasteiger partial charge in [0.1, 0.15) is 11.5 Å². The third-order valence-corrected chi connectivity index (χ3v) is 2.10. The molecule has 0 aliphatic heterocycles. The van der Waals surface area contributed by atoms with Crippen molar-refractivity contribution in [2.75, 3.05) is 6.61 Å². The second kappa shape index (κ2) is 5.24. The van der Waals surface area contributed by atoms with E-state index in [-0.39, 0.29) is 12.4 Å². The summed E-state index contributed by atoms with van der Waals surface area (Å²) in [5.41, 5.74) is -0.897. The topological polar surface area (TPSA) is 46.5 Å². The maximum atomic E-state index is 12.9. The van der Waals surface area contributed by atoms with Gasteiger partial charge in [0.2, 0.25) is 5.78 Å². The summed E-state index contributed by atoms with van der Waals surface area (Å²) in [5, 5.41) is 9.26. The first-order valence-electron chi connectivity index (χ1n) is 4.97. The molecule has 1 N–H and O–H groups in total. The SMILES string of the molecule is CCOc1ccc(O)c(C(=O)C(F)(F)C(F)F)c1. The normalized spacial score (nSPS) is 11.7. The van der Waals surface area contributed by atoms with Crippen LogP contribution in [0.4, 0.5) is 17.6 Å². The third-order valence-electron chi connectivity index (χ3n) is 2.10. The highest BCUT2D eigenvalue weighted by Gasteiger charge is 2.49. The number of carbonyl (C=O) groups is 1. The van der Waals surface area contributed by atoms with E-state index < -0.39 is 29.4 Å². The molecule has 0 saturated heterocycles. The summed E-state index contributed by atoms with van der Waals surface area (Å²) in [4.78, 5) is 11.2. The Morgan fingerprint density at radius 3 is 2.56 bits per heavy atom. The fourth-order valence-corrected chi connectivity index (χ4v) is 1.23. The molecule has 0 bridgehead atoms. The molecule has 0 amide bonds. The molecular formula is C11H10F4O3. The van der Waals surface area contributed by atoms with E-state index in [9.17, 15) is 27.5 Å². The van der Waals surface area contributed by atoms with Gasteiger partial charge in [0, 0.05) is 0 Å². The van der Waals surface area contributed by atoms with Crippen molar-refractivity contribution in [1.82, 2.24) is 0 Å². The minimum atomic E-state index is -4.84. The summed E-state index contributed by atoms with van der Waals surface area (Å²) in [6.45, 7) is 1.81. The van der Waals surface area contributed by atoms with Crippen molar-refractivity contribution >= 4 is 5.78 Å². The number of hydrogen-bond donors (Lipinski definition) is 1. The zero-order chi connectivity index (χ0) is 13.9. The summed E-state index contributed by atoms with van der Waals surface area (Å²) in [7, 11) is 0. The van der Waals surface area contributed by atoms with E-state index in [4.69, 9.17) is 4.74 Å². The first kappa shape index (κ1) is 14.3. The van der Waals surface area contributed by atoms with E-state index >= 15 is 0 Å². The second-order valence-corrected chi connectivity index (χ2v) is 3.36. The molecule has 0 heterocycles. The monoisotopic (exact) mass is 266 g/mol. The predicted octanol–water partition coefficient (Wildman–Crippen LogP) is 2.87.